The van der Waals surface area contributed by atoms with E-state index >= 15 is 0 Å². The zero-order valence-corrected chi connectivity index (χ0v) is 13.5. The van der Waals surface area contributed by atoms with Crippen LogP contribution in [0.15, 0.2) is 30.3 Å². The van der Waals surface area contributed by atoms with Crippen molar-refractivity contribution >= 4 is 9.84 Å². The van der Waals surface area contributed by atoms with Crippen LogP contribution >= 0.6 is 0 Å². The molecule has 0 bridgehead atoms. The van der Waals surface area contributed by atoms with Gasteiger partial charge in [0.15, 0.2) is 0 Å². The molecular weight excluding hydrogens is 290 g/mol. The number of hydrogen-bond acceptors (Lipinski definition) is 5. The molecule has 2 unspecified atom stereocenters. The highest BCUT2D eigenvalue weighted by atomic mass is 32.2. The van der Waals surface area contributed by atoms with E-state index in [-0.39, 0.29) is 18.5 Å². The Labute approximate surface area is 127 Å². The summed E-state index contributed by atoms with van der Waals surface area (Å²) in [5.41, 5.74) is 1.07. The van der Waals surface area contributed by atoms with Crippen LogP contribution in [-0.2, 0) is 14.6 Å². The van der Waals surface area contributed by atoms with E-state index in [1.54, 1.807) is 0 Å². The molecule has 21 heavy (non-hydrogen) atoms. The fourth-order valence-corrected chi connectivity index (χ4v) is 2.53. The van der Waals surface area contributed by atoms with Gasteiger partial charge in [0.25, 0.3) is 0 Å². The lowest BCUT2D eigenvalue weighted by atomic mass is 10.1. The normalized spacial score (nSPS) is 14.8. The molecule has 120 valence electrons. The number of rotatable bonds is 10. The van der Waals surface area contributed by atoms with Crippen molar-refractivity contribution in [3.8, 4) is 0 Å². The topological polar surface area (TPSA) is 75.6 Å². The summed E-state index contributed by atoms with van der Waals surface area (Å²) in [7, 11) is -2.90. The Morgan fingerprint density at radius 1 is 1.29 bits per heavy atom. The summed E-state index contributed by atoms with van der Waals surface area (Å²) in [5, 5.41) is 12.8. The molecular formula is C15H25NO4S. The number of hydrogen-bond donors (Lipinski definition) is 2. The molecule has 0 aliphatic rings. The van der Waals surface area contributed by atoms with Gasteiger partial charge < -0.3 is 15.2 Å². The standard InChI is InChI=1S/C15H25NO4S/c1-13(14-7-4-3-5-8-14)20-12-15(17)11-16-9-6-10-21(2,18)19/h3-5,7-8,13,15-17H,6,9-12H2,1-2H3. The van der Waals surface area contributed by atoms with Crippen LogP contribution in [0.1, 0.15) is 25.0 Å². The predicted molar refractivity (Wildman–Crippen MR) is 84.0 cm³/mol. The molecule has 1 aromatic rings. The van der Waals surface area contributed by atoms with Crippen molar-refractivity contribution in [1.82, 2.24) is 5.32 Å². The van der Waals surface area contributed by atoms with Crippen LogP contribution in [0.3, 0.4) is 0 Å². The summed E-state index contributed by atoms with van der Waals surface area (Å²) in [6, 6.07) is 9.83. The van der Waals surface area contributed by atoms with Gasteiger partial charge in [0.05, 0.1) is 24.6 Å². The Kier molecular flexibility index (Phi) is 7.88. The number of benzene rings is 1. The quantitative estimate of drug-likeness (QED) is 0.634. The van der Waals surface area contributed by atoms with Gasteiger partial charge >= 0.3 is 0 Å². The SMILES string of the molecule is CC(OCC(O)CNCCCS(C)(=O)=O)c1ccccc1. The van der Waals surface area contributed by atoms with E-state index in [0.717, 1.165) is 5.56 Å². The zero-order chi connectivity index (χ0) is 15.7. The Bertz CT molecular complexity index is 490. The van der Waals surface area contributed by atoms with Crippen LogP contribution in [-0.4, -0.2) is 51.3 Å². The second kappa shape index (κ2) is 9.15. The van der Waals surface area contributed by atoms with Crippen molar-refractivity contribution < 1.29 is 18.3 Å². The molecule has 0 radical (unpaired) electrons. The van der Waals surface area contributed by atoms with E-state index in [9.17, 15) is 13.5 Å². The van der Waals surface area contributed by atoms with Crippen LogP contribution in [0.25, 0.3) is 0 Å². The van der Waals surface area contributed by atoms with Crippen LogP contribution in [0.5, 0.6) is 0 Å². The highest BCUT2D eigenvalue weighted by Gasteiger charge is 2.09. The molecule has 5 nitrogen and oxygen atoms in total. The second-order valence-corrected chi connectivity index (χ2v) is 7.49. The third kappa shape index (κ3) is 8.83. The van der Waals surface area contributed by atoms with Gasteiger partial charge in [-0.3, -0.25) is 0 Å². The molecule has 1 aromatic carbocycles. The number of ether oxygens (including phenoxy) is 1. The van der Waals surface area contributed by atoms with Crippen molar-refractivity contribution in [3.63, 3.8) is 0 Å². The predicted octanol–water partition coefficient (Wildman–Crippen LogP) is 1.15. The van der Waals surface area contributed by atoms with Gasteiger partial charge in [-0.25, -0.2) is 8.42 Å². The molecule has 0 amide bonds. The third-order valence-electron chi connectivity index (χ3n) is 3.06. The molecule has 0 spiro atoms. The molecule has 6 heteroatoms. The number of sulfone groups is 1. The highest BCUT2D eigenvalue weighted by Crippen LogP contribution is 2.15. The molecule has 0 saturated carbocycles. The average molecular weight is 315 g/mol. The Hall–Kier alpha value is -0.950. The second-order valence-electron chi connectivity index (χ2n) is 5.23. The van der Waals surface area contributed by atoms with E-state index in [2.05, 4.69) is 5.32 Å². The lowest BCUT2D eigenvalue weighted by Crippen LogP contribution is -2.31. The van der Waals surface area contributed by atoms with Crippen LogP contribution in [0, 0.1) is 0 Å². The molecule has 2 N–H and O–H groups in total. The first-order valence-corrected chi connectivity index (χ1v) is 9.17. The molecule has 0 saturated heterocycles. The summed E-state index contributed by atoms with van der Waals surface area (Å²) in [4.78, 5) is 0. The van der Waals surface area contributed by atoms with E-state index in [1.807, 2.05) is 37.3 Å². The first-order valence-electron chi connectivity index (χ1n) is 7.11. The van der Waals surface area contributed by atoms with Gasteiger partial charge in [-0.05, 0) is 25.5 Å². The lowest BCUT2D eigenvalue weighted by molar-refractivity contribution is -0.00193. The van der Waals surface area contributed by atoms with Gasteiger partial charge in [-0.2, -0.15) is 0 Å². The fraction of sp³-hybridized carbons (Fsp3) is 0.600. The maximum atomic E-state index is 10.9. The first kappa shape index (κ1) is 18.1. The zero-order valence-electron chi connectivity index (χ0n) is 12.7. The summed E-state index contributed by atoms with van der Waals surface area (Å²) in [6.45, 7) is 3.15. The lowest BCUT2D eigenvalue weighted by Gasteiger charge is -2.17. The van der Waals surface area contributed by atoms with E-state index in [1.165, 1.54) is 6.26 Å². The van der Waals surface area contributed by atoms with Crippen molar-refractivity contribution in [2.24, 2.45) is 0 Å². The number of aliphatic hydroxyl groups excluding tert-OH is 1. The molecule has 0 heterocycles. The summed E-state index contributed by atoms with van der Waals surface area (Å²) in [6.07, 6.45) is 1.11. The monoisotopic (exact) mass is 315 g/mol. The maximum Gasteiger partial charge on any atom is 0.147 e. The van der Waals surface area contributed by atoms with Gasteiger partial charge in [0.2, 0.25) is 0 Å². The average Bonchev–Trinajstić information content (AvgIpc) is 2.44. The molecule has 1 rings (SSSR count). The largest absolute Gasteiger partial charge is 0.389 e. The van der Waals surface area contributed by atoms with E-state index in [4.69, 9.17) is 4.74 Å². The minimum atomic E-state index is -2.90. The van der Waals surface area contributed by atoms with Crippen molar-refractivity contribution in [2.45, 2.75) is 25.6 Å². The van der Waals surface area contributed by atoms with Gasteiger partial charge in [0, 0.05) is 12.8 Å². The Balaban J connectivity index is 2.12. The third-order valence-corrected chi connectivity index (χ3v) is 4.09. The molecule has 0 aliphatic carbocycles. The van der Waals surface area contributed by atoms with E-state index in [0.29, 0.717) is 19.5 Å². The fourth-order valence-electron chi connectivity index (χ4n) is 1.86. The smallest absolute Gasteiger partial charge is 0.147 e. The molecule has 0 aliphatic heterocycles. The van der Waals surface area contributed by atoms with Gasteiger partial charge in [-0.1, -0.05) is 30.3 Å². The highest BCUT2D eigenvalue weighted by molar-refractivity contribution is 7.90. The van der Waals surface area contributed by atoms with E-state index < -0.39 is 15.9 Å². The van der Waals surface area contributed by atoms with Crippen molar-refractivity contribution in [1.29, 1.82) is 0 Å². The Morgan fingerprint density at radius 2 is 1.95 bits per heavy atom. The summed E-state index contributed by atoms with van der Waals surface area (Å²) < 4.78 is 27.5. The summed E-state index contributed by atoms with van der Waals surface area (Å²) in [5.74, 6) is 0.164. The van der Waals surface area contributed by atoms with Gasteiger partial charge in [0.1, 0.15) is 9.84 Å². The first-order chi connectivity index (χ1) is 9.88. The maximum absolute atomic E-state index is 10.9. The van der Waals surface area contributed by atoms with Gasteiger partial charge in [-0.15, -0.1) is 0 Å². The van der Waals surface area contributed by atoms with Crippen LogP contribution in [0.2, 0.25) is 0 Å². The van der Waals surface area contributed by atoms with Crippen molar-refractivity contribution in [2.75, 3.05) is 31.7 Å². The minimum absolute atomic E-state index is 0.0638. The number of nitrogens with one attached hydrogen (secondary N) is 1. The summed E-state index contributed by atoms with van der Waals surface area (Å²) >= 11 is 0. The van der Waals surface area contributed by atoms with Crippen LogP contribution < -0.4 is 5.32 Å². The number of aliphatic hydroxyl groups is 1. The minimum Gasteiger partial charge on any atom is -0.389 e. The molecule has 2 atom stereocenters. The van der Waals surface area contributed by atoms with Crippen LogP contribution in [0.4, 0.5) is 0 Å². The van der Waals surface area contributed by atoms with Crippen molar-refractivity contribution in [3.05, 3.63) is 35.9 Å². The molecule has 0 aromatic heterocycles. The molecule has 0 fully saturated rings. The Morgan fingerprint density at radius 3 is 2.57 bits per heavy atom.